The Morgan fingerprint density at radius 2 is 1.95 bits per heavy atom. The fourth-order valence-corrected chi connectivity index (χ4v) is 8.13. The number of aromatic hydroxyl groups is 1. The third-order valence-electron chi connectivity index (χ3n) is 10.0. The smallest absolute Gasteiger partial charge is 0.251 e. The molecule has 1 amide bonds. The van der Waals surface area contributed by atoms with Crippen molar-refractivity contribution < 1.29 is 33.9 Å². The zero-order chi connectivity index (χ0) is 26.4. The number of piperidine rings is 1. The Morgan fingerprint density at radius 1 is 1.16 bits per heavy atom. The molecule has 38 heavy (non-hydrogen) atoms. The third-order valence-corrected chi connectivity index (χ3v) is 10.0. The zero-order valence-electron chi connectivity index (χ0n) is 21.7. The van der Waals surface area contributed by atoms with Crippen LogP contribution in [0.3, 0.4) is 0 Å². The minimum absolute atomic E-state index is 0.0322. The number of ether oxygens (including phenoxy) is 3. The first-order valence-corrected chi connectivity index (χ1v) is 13.6. The largest absolute Gasteiger partial charge is 0.632 e. The van der Waals surface area contributed by atoms with Gasteiger partial charge in [-0.05, 0) is 55.5 Å². The van der Waals surface area contributed by atoms with Crippen LogP contribution < -0.4 is 19.5 Å². The van der Waals surface area contributed by atoms with E-state index >= 15 is 0 Å². The molecule has 9 nitrogen and oxygen atoms in total. The van der Waals surface area contributed by atoms with Crippen molar-refractivity contribution in [2.24, 2.45) is 5.92 Å². The van der Waals surface area contributed by atoms with Gasteiger partial charge in [-0.25, -0.2) is 0 Å². The van der Waals surface area contributed by atoms with Crippen LogP contribution in [0.25, 0.3) is 0 Å². The van der Waals surface area contributed by atoms with Crippen molar-refractivity contribution in [2.75, 3.05) is 27.3 Å². The second-order valence-corrected chi connectivity index (χ2v) is 11.8. The van der Waals surface area contributed by atoms with Crippen LogP contribution in [-0.4, -0.2) is 71.9 Å². The zero-order valence-corrected chi connectivity index (χ0v) is 21.7. The first kappa shape index (κ1) is 24.1. The average Bonchev–Trinajstić information content (AvgIpc) is 3.64. The summed E-state index contributed by atoms with van der Waals surface area (Å²) in [4.78, 5) is 13.4. The van der Waals surface area contributed by atoms with E-state index in [1.807, 2.05) is 6.07 Å². The predicted molar refractivity (Wildman–Crippen MR) is 137 cm³/mol. The van der Waals surface area contributed by atoms with Crippen LogP contribution >= 0.6 is 0 Å². The van der Waals surface area contributed by atoms with Crippen LogP contribution in [0.2, 0.25) is 0 Å². The standard InChI is InChI=1S/C29H34N2O7/c1-36-21-8-6-18(13-22(21)37-2)27(33)30-19-9-10-29(34)23-14-17-5-7-20(32)25-24(17)28(29,26(19)38-25)11-12-31(23,35)15-16-3-4-16/h5-8,13,16,19,23,26,32,34H,3-4,9-12,14-15H2,1-2H3,(H,30,33)/t19-,23+,26-,28-,29+,31?/m0/s1. The van der Waals surface area contributed by atoms with E-state index in [1.54, 1.807) is 31.4 Å². The second kappa shape index (κ2) is 8.00. The van der Waals surface area contributed by atoms with Crippen molar-refractivity contribution in [3.63, 3.8) is 0 Å². The summed E-state index contributed by atoms with van der Waals surface area (Å²) in [6.45, 7) is 0.947. The molecule has 2 aliphatic heterocycles. The predicted octanol–water partition coefficient (Wildman–Crippen LogP) is 2.78. The quantitative estimate of drug-likeness (QED) is 0.394. The molecule has 9 heteroatoms. The summed E-state index contributed by atoms with van der Waals surface area (Å²) in [5, 5.41) is 40.8. The molecule has 0 aromatic heterocycles. The molecule has 5 aliphatic rings. The summed E-state index contributed by atoms with van der Waals surface area (Å²) in [7, 11) is 3.06. The fourth-order valence-electron chi connectivity index (χ4n) is 8.13. The first-order valence-electron chi connectivity index (χ1n) is 13.6. The molecule has 6 atom stereocenters. The molecule has 1 saturated heterocycles. The SMILES string of the molecule is COc1ccc(C(=O)N[C@H]2CC[C@@]3(O)[C@H]4Cc5ccc(O)c6c5[C@@]3(CC[N+]4([O-])CC3CC3)[C@H]2O6)cc1OC. The van der Waals surface area contributed by atoms with E-state index in [1.165, 1.54) is 7.11 Å². The second-order valence-electron chi connectivity index (χ2n) is 11.8. The summed E-state index contributed by atoms with van der Waals surface area (Å²) >= 11 is 0. The Labute approximate surface area is 221 Å². The van der Waals surface area contributed by atoms with Crippen LogP contribution in [0.15, 0.2) is 30.3 Å². The van der Waals surface area contributed by atoms with Gasteiger partial charge in [-0.1, -0.05) is 6.07 Å². The number of rotatable bonds is 6. The van der Waals surface area contributed by atoms with Crippen LogP contribution in [0.4, 0.5) is 0 Å². The van der Waals surface area contributed by atoms with Gasteiger partial charge in [0.2, 0.25) is 0 Å². The van der Waals surface area contributed by atoms with Crippen molar-refractivity contribution in [1.82, 2.24) is 5.32 Å². The molecule has 2 aromatic rings. The van der Waals surface area contributed by atoms with Crippen molar-refractivity contribution in [2.45, 2.75) is 67.7 Å². The number of benzene rings is 2. The molecule has 2 bridgehead atoms. The lowest BCUT2D eigenvalue weighted by Gasteiger charge is -2.68. The molecule has 0 radical (unpaired) electrons. The summed E-state index contributed by atoms with van der Waals surface area (Å²) in [5.41, 5.74) is 0.0935. The summed E-state index contributed by atoms with van der Waals surface area (Å²) in [6.07, 6.45) is 3.35. The van der Waals surface area contributed by atoms with Crippen molar-refractivity contribution >= 4 is 5.91 Å². The van der Waals surface area contributed by atoms with Crippen molar-refractivity contribution in [3.8, 4) is 23.0 Å². The van der Waals surface area contributed by atoms with Gasteiger partial charge in [-0.3, -0.25) is 4.79 Å². The molecule has 202 valence electrons. The Kier molecular flexibility index (Phi) is 5.07. The van der Waals surface area contributed by atoms with Gasteiger partial charge in [0.05, 0.1) is 38.8 Å². The van der Waals surface area contributed by atoms with Gasteiger partial charge in [0.15, 0.2) is 23.0 Å². The van der Waals surface area contributed by atoms with E-state index in [-0.39, 0.29) is 16.3 Å². The number of likely N-dealkylation sites (tertiary alicyclic amines) is 1. The lowest BCUT2D eigenvalue weighted by Crippen LogP contribution is -2.81. The molecule has 2 aromatic carbocycles. The van der Waals surface area contributed by atoms with Crippen LogP contribution in [0.5, 0.6) is 23.0 Å². The number of phenolic OH excluding ortho intramolecular Hbond substituents is 1. The number of nitrogens with zero attached hydrogens (tertiary/aromatic N) is 1. The molecular formula is C29H34N2O7. The molecule has 7 rings (SSSR count). The highest BCUT2D eigenvalue weighted by atomic mass is 16.6. The Hall–Kier alpha value is -3.01. The van der Waals surface area contributed by atoms with E-state index in [2.05, 4.69) is 5.32 Å². The average molecular weight is 523 g/mol. The van der Waals surface area contributed by atoms with Gasteiger partial charge >= 0.3 is 0 Å². The van der Waals surface area contributed by atoms with Crippen molar-refractivity contribution in [1.29, 1.82) is 0 Å². The highest BCUT2D eigenvalue weighted by molar-refractivity contribution is 5.95. The van der Waals surface area contributed by atoms with Gasteiger partial charge in [0.25, 0.3) is 5.91 Å². The fraction of sp³-hybridized carbons (Fsp3) is 0.552. The van der Waals surface area contributed by atoms with Crippen LogP contribution in [-0.2, 0) is 11.8 Å². The highest BCUT2D eigenvalue weighted by Crippen LogP contribution is 2.66. The molecule has 2 heterocycles. The van der Waals surface area contributed by atoms with Crippen LogP contribution in [0, 0.1) is 11.1 Å². The van der Waals surface area contributed by atoms with Gasteiger partial charge in [0.1, 0.15) is 17.7 Å². The molecule has 1 unspecified atom stereocenters. The molecule has 3 fully saturated rings. The minimum atomic E-state index is -1.27. The lowest BCUT2D eigenvalue weighted by molar-refractivity contribution is -0.924. The molecule has 2 saturated carbocycles. The molecule has 3 aliphatic carbocycles. The number of hydroxylamine groups is 3. The highest BCUT2D eigenvalue weighted by Gasteiger charge is 2.76. The number of aliphatic hydroxyl groups is 1. The van der Waals surface area contributed by atoms with E-state index in [0.717, 1.165) is 24.0 Å². The number of carbonyl (C=O) groups is 1. The first-order chi connectivity index (χ1) is 18.2. The Balaban J connectivity index is 1.27. The number of nitrogens with one attached hydrogen (secondary N) is 1. The number of quaternary nitrogens is 1. The molecule has 3 N–H and O–H groups in total. The number of hydrogen-bond acceptors (Lipinski definition) is 7. The van der Waals surface area contributed by atoms with Gasteiger partial charge < -0.3 is 39.6 Å². The number of carbonyl (C=O) groups excluding carboxylic acids is 1. The van der Waals surface area contributed by atoms with E-state index in [0.29, 0.717) is 67.5 Å². The maximum absolute atomic E-state index is 14.3. The van der Waals surface area contributed by atoms with Crippen LogP contribution in [0.1, 0.15) is 53.6 Å². The van der Waals surface area contributed by atoms with Gasteiger partial charge in [0, 0.05) is 29.9 Å². The van der Waals surface area contributed by atoms with E-state index in [9.17, 15) is 20.2 Å². The van der Waals surface area contributed by atoms with E-state index < -0.39 is 29.2 Å². The number of methoxy groups -OCH3 is 2. The maximum Gasteiger partial charge on any atom is 0.251 e. The molecule has 1 spiro atoms. The lowest BCUT2D eigenvalue weighted by atomic mass is 9.48. The summed E-state index contributed by atoms with van der Waals surface area (Å²) < 4.78 is 16.8. The monoisotopic (exact) mass is 522 g/mol. The summed E-state index contributed by atoms with van der Waals surface area (Å²) in [6, 6.07) is 7.61. The Morgan fingerprint density at radius 3 is 2.68 bits per heavy atom. The summed E-state index contributed by atoms with van der Waals surface area (Å²) in [5.74, 6) is 1.57. The number of hydrogen-bond donors (Lipinski definition) is 3. The topological polar surface area (TPSA) is 120 Å². The van der Waals surface area contributed by atoms with E-state index in [4.69, 9.17) is 14.2 Å². The van der Waals surface area contributed by atoms with Gasteiger partial charge in [-0.15, -0.1) is 0 Å². The normalized spacial score (nSPS) is 36.2. The Bertz CT molecular complexity index is 1330. The maximum atomic E-state index is 14.3. The number of phenols is 1. The molecular weight excluding hydrogens is 488 g/mol. The van der Waals surface area contributed by atoms with Crippen molar-refractivity contribution in [3.05, 3.63) is 52.2 Å². The number of amides is 1. The minimum Gasteiger partial charge on any atom is -0.632 e. The van der Waals surface area contributed by atoms with Gasteiger partial charge in [-0.2, -0.15) is 0 Å². The third kappa shape index (κ3) is 3.06.